The van der Waals surface area contributed by atoms with Crippen LogP contribution in [0.25, 0.3) is 0 Å². The Morgan fingerprint density at radius 2 is 2.23 bits per heavy atom. The number of nitrogens with zero attached hydrogens (tertiary/aromatic N) is 1. The summed E-state index contributed by atoms with van der Waals surface area (Å²) < 4.78 is 28.5. The number of furan rings is 1. The molecule has 2 fully saturated rings. The molecule has 3 rings (SSSR count). The van der Waals surface area contributed by atoms with Crippen molar-refractivity contribution in [2.75, 3.05) is 24.6 Å². The van der Waals surface area contributed by atoms with Crippen molar-refractivity contribution in [3.05, 3.63) is 24.2 Å². The highest BCUT2D eigenvalue weighted by Gasteiger charge is 2.40. The van der Waals surface area contributed by atoms with Crippen LogP contribution in [0.4, 0.5) is 0 Å². The van der Waals surface area contributed by atoms with Crippen molar-refractivity contribution in [3.63, 3.8) is 0 Å². The molecule has 1 aromatic heterocycles. The average molecular weight is 383 g/mol. The van der Waals surface area contributed by atoms with Gasteiger partial charge in [0.1, 0.15) is 5.76 Å². The molecule has 3 heterocycles. The van der Waals surface area contributed by atoms with Gasteiger partial charge in [0.05, 0.1) is 42.4 Å². The fourth-order valence-corrected chi connectivity index (χ4v) is 5.78. The van der Waals surface area contributed by atoms with Gasteiger partial charge in [-0.05, 0) is 44.9 Å². The SMILES string of the molecule is CC1(NC(=O)CN2CCCC2C(=O)NCc2ccco2)CCS(=O)(=O)C1. The van der Waals surface area contributed by atoms with Crippen molar-refractivity contribution in [2.24, 2.45) is 0 Å². The Labute approximate surface area is 153 Å². The molecule has 0 aromatic carbocycles. The Balaban J connectivity index is 1.51. The van der Waals surface area contributed by atoms with Gasteiger partial charge in [0.25, 0.3) is 0 Å². The average Bonchev–Trinajstić information content (AvgIpc) is 3.26. The number of carbonyl (C=O) groups excluding carboxylic acids is 2. The predicted octanol–water partition coefficient (Wildman–Crippen LogP) is 0.0536. The van der Waals surface area contributed by atoms with Crippen LogP contribution in [0.2, 0.25) is 0 Å². The van der Waals surface area contributed by atoms with Crippen molar-refractivity contribution >= 4 is 21.7 Å². The minimum absolute atomic E-state index is 0.0290. The highest BCUT2D eigenvalue weighted by molar-refractivity contribution is 7.91. The number of rotatable bonds is 6. The zero-order valence-corrected chi connectivity index (χ0v) is 15.7. The Morgan fingerprint density at radius 3 is 2.88 bits per heavy atom. The molecular formula is C17H25N3O5S. The lowest BCUT2D eigenvalue weighted by Gasteiger charge is -2.27. The molecule has 144 valence electrons. The van der Waals surface area contributed by atoms with Gasteiger partial charge in [0, 0.05) is 0 Å². The monoisotopic (exact) mass is 383 g/mol. The Hall–Kier alpha value is -1.87. The van der Waals surface area contributed by atoms with Crippen molar-refractivity contribution in [1.82, 2.24) is 15.5 Å². The molecule has 1 aromatic rings. The summed E-state index contributed by atoms with van der Waals surface area (Å²) in [6.45, 7) is 2.83. The number of carbonyl (C=O) groups is 2. The quantitative estimate of drug-likeness (QED) is 0.719. The number of amides is 2. The Bertz CT molecular complexity index is 761. The molecule has 2 aliphatic heterocycles. The number of likely N-dealkylation sites (tertiary alicyclic amines) is 1. The lowest BCUT2D eigenvalue weighted by Crippen LogP contribution is -2.52. The van der Waals surface area contributed by atoms with Crippen LogP contribution in [0.3, 0.4) is 0 Å². The summed E-state index contributed by atoms with van der Waals surface area (Å²) in [4.78, 5) is 26.7. The van der Waals surface area contributed by atoms with E-state index in [9.17, 15) is 18.0 Å². The first kappa shape index (κ1) is 18.9. The largest absolute Gasteiger partial charge is 0.467 e. The van der Waals surface area contributed by atoms with Crippen LogP contribution < -0.4 is 10.6 Å². The number of hydrogen-bond donors (Lipinski definition) is 2. The van der Waals surface area contributed by atoms with E-state index in [1.807, 2.05) is 4.90 Å². The molecule has 2 aliphatic rings. The Morgan fingerprint density at radius 1 is 1.42 bits per heavy atom. The highest BCUT2D eigenvalue weighted by Crippen LogP contribution is 2.23. The van der Waals surface area contributed by atoms with Gasteiger partial charge in [-0.15, -0.1) is 0 Å². The van der Waals surface area contributed by atoms with E-state index in [4.69, 9.17) is 4.42 Å². The van der Waals surface area contributed by atoms with E-state index >= 15 is 0 Å². The normalized spacial score (nSPS) is 28.1. The third kappa shape index (κ3) is 4.64. The molecule has 0 bridgehead atoms. The van der Waals surface area contributed by atoms with Crippen LogP contribution in [-0.4, -0.2) is 61.3 Å². The maximum absolute atomic E-state index is 12.4. The maximum atomic E-state index is 12.4. The second-order valence-corrected chi connectivity index (χ2v) is 9.56. The fourth-order valence-electron chi connectivity index (χ4n) is 3.69. The van der Waals surface area contributed by atoms with Crippen molar-refractivity contribution in [1.29, 1.82) is 0 Å². The minimum Gasteiger partial charge on any atom is -0.467 e. The second kappa shape index (κ2) is 7.40. The van der Waals surface area contributed by atoms with Crippen LogP contribution in [0.1, 0.15) is 31.9 Å². The molecule has 0 saturated carbocycles. The van der Waals surface area contributed by atoms with E-state index < -0.39 is 15.4 Å². The summed E-state index contributed by atoms with van der Waals surface area (Å²) in [6, 6.07) is 3.20. The number of hydrogen-bond acceptors (Lipinski definition) is 6. The molecular weight excluding hydrogens is 358 g/mol. The van der Waals surface area contributed by atoms with E-state index in [-0.39, 0.29) is 35.9 Å². The molecule has 26 heavy (non-hydrogen) atoms. The second-order valence-electron chi connectivity index (χ2n) is 7.38. The number of nitrogens with one attached hydrogen (secondary N) is 2. The Kier molecular flexibility index (Phi) is 5.38. The maximum Gasteiger partial charge on any atom is 0.237 e. The zero-order chi connectivity index (χ0) is 18.8. The van der Waals surface area contributed by atoms with E-state index in [0.717, 1.165) is 6.42 Å². The molecule has 2 amide bonds. The van der Waals surface area contributed by atoms with Crippen LogP contribution in [0.15, 0.2) is 22.8 Å². The van der Waals surface area contributed by atoms with Gasteiger partial charge in [-0.2, -0.15) is 0 Å². The number of sulfone groups is 1. The summed E-state index contributed by atoms with van der Waals surface area (Å²) in [7, 11) is -3.08. The molecule has 2 atom stereocenters. The van der Waals surface area contributed by atoms with Gasteiger partial charge in [-0.3, -0.25) is 14.5 Å². The molecule has 8 nitrogen and oxygen atoms in total. The standard InChI is InChI=1S/C17H25N3O5S/c1-17(6-9-26(23,24)12-17)19-15(21)11-20-7-2-5-14(20)16(22)18-10-13-4-3-8-25-13/h3-4,8,14H,2,5-7,9-12H2,1H3,(H,18,22)(H,19,21). The van der Waals surface area contributed by atoms with Gasteiger partial charge in [0.2, 0.25) is 11.8 Å². The van der Waals surface area contributed by atoms with Crippen molar-refractivity contribution in [3.8, 4) is 0 Å². The van der Waals surface area contributed by atoms with Crippen LogP contribution >= 0.6 is 0 Å². The fraction of sp³-hybridized carbons (Fsp3) is 0.647. The zero-order valence-electron chi connectivity index (χ0n) is 14.9. The van der Waals surface area contributed by atoms with Gasteiger partial charge in [-0.25, -0.2) is 8.42 Å². The molecule has 0 radical (unpaired) electrons. The van der Waals surface area contributed by atoms with Crippen molar-refractivity contribution < 1.29 is 22.4 Å². The summed E-state index contributed by atoms with van der Waals surface area (Å²) in [5, 5.41) is 5.68. The lowest BCUT2D eigenvalue weighted by molar-refractivity contribution is -0.128. The first-order chi connectivity index (χ1) is 12.3. The summed E-state index contributed by atoms with van der Waals surface area (Å²) >= 11 is 0. The van der Waals surface area contributed by atoms with E-state index in [2.05, 4.69) is 10.6 Å². The van der Waals surface area contributed by atoms with E-state index in [1.54, 1.807) is 25.3 Å². The summed E-state index contributed by atoms with van der Waals surface area (Å²) in [5.41, 5.74) is -0.716. The predicted molar refractivity (Wildman–Crippen MR) is 95.0 cm³/mol. The van der Waals surface area contributed by atoms with Gasteiger partial charge in [0.15, 0.2) is 9.84 Å². The van der Waals surface area contributed by atoms with Gasteiger partial charge < -0.3 is 15.1 Å². The molecule has 0 spiro atoms. The van der Waals surface area contributed by atoms with Gasteiger partial charge in [-0.1, -0.05) is 0 Å². The van der Waals surface area contributed by atoms with Crippen LogP contribution in [0, 0.1) is 0 Å². The molecule has 2 N–H and O–H groups in total. The lowest BCUT2D eigenvalue weighted by atomic mass is 10.0. The third-order valence-electron chi connectivity index (χ3n) is 4.97. The first-order valence-electron chi connectivity index (χ1n) is 8.82. The van der Waals surface area contributed by atoms with Crippen LogP contribution in [-0.2, 0) is 26.0 Å². The van der Waals surface area contributed by atoms with E-state index in [1.165, 1.54) is 0 Å². The highest BCUT2D eigenvalue weighted by atomic mass is 32.2. The summed E-state index contributed by atoms with van der Waals surface area (Å²) in [6.07, 6.45) is 3.52. The van der Waals surface area contributed by atoms with Crippen LogP contribution in [0.5, 0.6) is 0 Å². The van der Waals surface area contributed by atoms with Crippen molar-refractivity contribution in [2.45, 2.75) is 44.3 Å². The summed E-state index contributed by atoms with van der Waals surface area (Å²) in [5.74, 6) is 0.386. The molecule has 9 heteroatoms. The smallest absolute Gasteiger partial charge is 0.237 e. The van der Waals surface area contributed by atoms with Gasteiger partial charge >= 0.3 is 0 Å². The van der Waals surface area contributed by atoms with E-state index in [0.29, 0.717) is 31.7 Å². The minimum atomic E-state index is -3.08. The third-order valence-corrected chi connectivity index (χ3v) is 6.88. The first-order valence-corrected chi connectivity index (χ1v) is 10.6. The topological polar surface area (TPSA) is 109 Å². The molecule has 2 saturated heterocycles. The molecule has 0 aliphatic carbocycles. The molecule has 2 unspecified atom stereocenters.